The minimum atomic E-state index is -0.418. The van der Waals surface area contributed by atoms with E-state index in [0.717, 1.165) is 5.69 Å². The summed E-state index contributed by atoms with van der Waals surface area (Å²) in [6.07, 6.45) is 3.16. The molecule has 84 valence electrons. The summed E-state index contributed by atoms with van der Waals surface area (Å²) in [5, 5.41) is 7.05. The number of nitrogens with one attached hydrogen (secondary N) is 1. The van der Waals surface area contributed by atoms with E-state index >= 15 is 0 Å². The van der Waals surface area contributed by atoms with Crippen molar-refractivity contribution in [1.29, 1.82) is 0 Å². The van der Waals surface area contributed by atoms with E-state index in [0.29, 0.717) is 12.2 Å². The monoisotopic (exact) mass is 221 g/mol. The number of rotatable bonds is 3. The molecular weight excluding hydrogens is 209 g/mol. The van der Waals surface area contributed by atoms with Gasteiger partial charge in [0.25, 0.3) is 0 Å². The highest BCUT2D eigenvalue weighted by atomic mass is 19.1. The van der Waals surface area contributed by atoms with Crippen LogP contribution in [0, 0.1) is 12.7 Å². The Labute approximate surface area is 92.3 Å². The van der Waals surface area contributed by atoms with Gasteiger partial charge in [0.1, 0.15) is 6.33 Å². The molecule has 0 aliphatic rings. The number of aromatic nitrogens is 4. The fourth-order valence-corrected chi connectivity index (χ4v) is 1.31. The van der Waals surface area contributed by atoms with E-state index in [1.54, 1.807) is 11.6 Å². The van der Waals surface area contributed by atoms with Crippen LogP contribution >= 0.6 is 0 Å². The predicted molar refractivity (Wildman–Crippen MR) is 57.3 cm³/mol. The number of hydrogen-bond donors (Lipinski definition) is 1. The SMILES string of the molecule is Cc1ncnc(NCc2ccn(C)n2)c1F. The normalized spacial score (nSPS) is 10.4. The Morgan fingerprint density at radius 2 is 2.25 bits per heavy atom. The van der Waals surface area contributed by atoms with Crippen molar-refractivity contribution in [3.63, 3.8) is 0 Å². The fourth-order valence-electron chi connectivity index (χ4n) is 1.31. The minimum absolute atomic E-state index is 0.207. The molecule has 0 aromatic carbocycles. The van der Waals surface area contributed by atoms with E-state index in [1.165, 1.54) is 6.33 Å². The summed E-state index contributed by atoms with van der Waals surface area (Å²) >= 11 is 0. The molecule has 0 aliphatic carbocycles. The number of aryl methyl sites for hydroxylation is 2. The summed E-state index contributed by atoms with van der Waals surface area (Å²) in [6, 6.07) is 1.86. The minimum Gasteiger partial charge on any atom is -0.362 e. The number of nitrogens with zero attached hydrogens (tertiary/aromatic N) is 4. The predicted octanol–water partition coefficient (Wildman–Crippen LogP) is 1.27. The van der Waals surface area contributed by atoms with Crippen molar-refractivity contribution in [3.8, 4) is 0 Å². The average Bonchev–Trinajstić information content (AvgIpc) is 2.67. The lowest BCUT2D eigenvalue weighted by Gasteiger charge is -2.05. The zero-order valence-electron chi connectivity index (χ0n) is 9.11. The molecule has 0 aliphatic heterocycles. The lowest BCUT2D eigenvalue weighted by molar-refractivity contribution is 0.604. The van der Waals surface area contributed by atoms with Gasteiger partial charge >= 0.3 is 0 Å². The summed E-state index contributed by atoms with van der Waals surface area (Å²) in [7, 11) is 1.83. The van der Waals surface area contributed by atoms with Gasteiger partial charge in [0.2, 0.25) is 0 Å². The Kier molecular flexibility index (Phi) is 2.80. The van der Waals surface area contributed by atoms with Crippen molar-refractivity contribution >= 4 is 5.82 Å². The average molecular weight is 221 g/mol. The lowest BCUT2D eigenvalue weighted by Crippen LogP contribution is -2.06. The highest BCUT2D eigenvalue weighted by Crippen LogP contribution is 2.12. The van der Waals surface area contributed by atoms with Gasteiger partial charge in [-0.15, -0.1) is 0 Å². The topological polar surface area (TPSA) is 55.6 Å². The number of anilines is 1. The highest BCUT2D eigenvalue weighted by Gasteiger charge is 2.07. The van der Waals surface area contributed by atoms with Crippen LogP contribution in [0.5, 0.6) is 0 Å². The second-order valence-electron chi connectivity index (χ2n) is 3.46. The van der Waals surface area contributed by atoms with Crippen molar-refractivity contribution in [1.82, 2.24) is 19.7 Å². The van der Waals surface area contributed by atoms with Crippen LogP contribution in [0.4, 0.5) is 10.2 Å². The molecule has 0 bridgehead atoms. The van der Waals surface area contributed by atoms with E-state index in [1.807, 2.05) is 19.3 Å². The molecule has 2 aromatic heterocycles. The van der Waals surface area contributed by atoms with Crippen LogP contribution in [0.25, 0.3) is 0 Å². The third-order valence-corrected chi connectivity index (χ3v) is 2.17. The molecule has 16 heavy (non-hydrogen) atoms. The highest BCUT2D eigenvalue weighted by molar-refractivity contribution is 5.37. The molecule has 2 aromatic rings. The maximum absolute atomic E-state index is 13.5. The number of halogens is 1. The van der Waals surface area contributed by atoms with Crippen LogP contribution < -0.4 is 5.32 Å². The molecule has 2 heterocycles. The molecule has 0 saturated carbocycles. The van der Waals surface area contributed by atoms with Gasteiger partial charge < -0.3 is 5.32 Å². The van der Waals surface area contributed by atoms with Gasteiger partial charge in [-0.2, -0.15) is 5.10 Å². The fraction of sp³-hybridized carbons (Fsp3) is 0.300. The third kappa shape index (κ3) is 2.16. The summed E-state index contributed by atoms with van der Waals surface area (Å²) in [4.78, 5) is 7.58. The van der Waals surface area contributed by atoms with Crippen LogP contribution in [0.1, 0.15) is 11.4 Å². The molecule has 0 unspecified atom stereocenters. The second-order valence-corrected chi connectivity index (χ2v) is 3.46. The molecule has 1 N–H and O–H groups in total. The Morgan fingerprint density at radius 3 is 2.94 bits per heavy atom. The van der Waals surface area contributed by atoms with Gasteiger partial charge in [-0.25, -0.2) is 14.4 Å². The van der Waals surface area contributed by atoms with Crippen molar-refractivity contribution in [2.24, 2.45) is 7.05 Å². The molecule has 5 nitrogen and oxygen atoms in total. The van der Waals surface area contributed by atoms with Crippen molar-refractivity contribution in [2.75, 3.05) is 5.32 Å². The zero-order valence-corrected chi connectivity index (χ0v) is 9.11. The van der Waals surface area contributed by atoms with Crippen LogP contribution in [0.3, 0.4) is 0 Å². The molecule has 0 fully saturated rings. The van der Waals surface area contributed by atoms with Gasteiger partial charge in [0.15, 0.2) is 11.6 Å². The van der Waals surface area contributed by atoms with Gasteiger partial charge in [0.05, 0.1) is 17.9 Å². The quantitative estimate of drug-likeness (QED) is 0.848. The summed E-state index contributed by atoms with van der Waals surface area (Å²) < 4.78 is 15.2. The van der Waals surface area contributed by atoms with E-state index in [2.05, 4.69) is 20.4 Å². The Morgan fingerprint density at radius 1 is 1.44 bits per heavy atom. The standard InChI is InChI=1S/C10H12FN5/c1-7-9(11)10(14-6-13-7)12-5-8-3-4-16(2)15-8/h3-4,6H,5H2,1-2H3,(H,12,13,14). The van der Waals surface area contributed by atoms with Gasteiger partial charge in [-0.3, -0.25) is 4.68 Å². The lowest BCUT2D eigenvalue weighted by atomic mass is 10.4. The van der Waals surface area contributed by atoms with E-state index in [-0.39, 0.29) is 5.82 Å². The second kappa shape index (κ2) is 4.26. The van der Waals surface area contributed by atoms with Crippen molar-refractivity contribution < 1.29 is 4.39 Å². The molecule has 0 atom stereocenters. The molecular formula is C10H12FN5. The third-order valence-electron chi connectivity index (χ3n) is 2.17. The Bertz CT molecular complexity index is 494. The smallest absolute Gasteiger partial charge is 0.186 e. The Hall–Kier alpha value is -1.98. The molecule has 0 saturated heterocycles. The first-order valence-corrected chi connectivity index (χ1v) is 4.86. The zero-order chi connectivity index (χ0) is 11.5. The van der Waals surface area contributed by atoms with Gasteiger partial charge in [-0.05, 0) is 13.0 Å². The first-order chi connectivity index (χ1) is 7.66. The van der Waals surface area contributed by atoms with Crippen LogP contribution in [-0.4, -0.2) is 19.7 Å². The summed E-state index contributed by atoms with van der Waals surface area (Å²) in [6.45, 7) is 2.04. The van der Waals surface area contributed by atoms with Crippen LogP contribution in [-0.2, 0) is 13.6 Å². The largest absolute Gasteiger partial charge is 0.362 e. The van der Waals surface area contributed by atoms with Crippen molar-refractivity contribution in [3.05, 3.63) is 35.8 Å². The number of hydrogen-bond acceptors (Lipinski definition) is 4. The van der Waals surface area contributed by atoms with Gasteiger partial charge in [0, 0.05) is 13.2 Å². The molecule has 2 rings (SSSR count). The first kappa shape index (κ1) is 10.5. The van der Waals surface area contributed by atoms with Crippen LogP contribution in [0.2, 0.25) is 0 Å². The maximum atomic E-state index is 13.5. The molecule has 0 radical (unpaired) electrons. The first-order valence-electron chi connectivity index (χ1n) is 4.86. The maximum Gasteiger partial charge on any atom is 0.186 e. The van der Waals surface area contributed by atoms with E-state index in [9.17, 15) is 4.39 Å². The van der Waals surface area contributed by atoms with Crippen LogP contribution in [0.15, 0.2) is 18.6 Å². The van der Waals surface area contributed by atoms with E-state index < -0.39 is 5.82 Å². The Balaban J connectivity index is 2.07. The molecule has 6 heteroatoms. The van der Waals surface area contributed by atoms with Crippen molar-refractivity contribution in [2.45, 2.75) is 13.5 Å². The van der Waals surface area contributed by atoms with E-state index in [4.69, 9.17) is 0 Å². The van der Waals surface area contributed by atoms with Gasteiger partial charge in [-0.1, -0.05) is 0 Å². The summed E-state index contributed by atoms with van der Waals surface area (Å²) in [5.41, 5.74) is 1.16. The molecule has 0 spiro atoms. The summed E-state index contributed by atoms with van der Waals surface area (Å²) in [5.74, 6) is -0.211. The molecule has 0 amide bonds.